The molecule has 0 aliphatic rings. The van der Waals surface area contributed by atoms with Gasteiger partial charge in [-0.3, -0.25) is 5.01 Å². The van der Waals surface area contributed by atoms with Crippen LogP contribution in [0.25, 0.3) is 0 Å². The highest BCUT2D eigenvalue weighted by molar-refractivity contribution is 7.80. The van der Waals surface area contributed by atoms with Gasteiger partial charge in [-0.2, -0.15) is 0 Å². The number of thiocarbonyl (C=S) groups is 1. The van der Waals surface area contributed by atoms with Crippen LogP contribution in [0.3, 0.4) is 0 Å². The standard InChI is InChI=1S/C10H14ClN3S/c1-7-4-5-9(8(11)6-7)13-10(15)14(3)12-2/h4-6,12H,1-3H3,(H,13,15). The minimum Gasteiger partial charge on any atom is -0.330 e. The number of halogens is 1. The quantitative estimate of drug-likeness (QED) is 0.616. The zero-order valence-electron chi connectivity index (χ0n) is 8.97. The predicted molar refractivity (Wildman–Crippen MR) is 69.2 cm³/mol. The van der Waals surface area contributed by atoms with Crippen molar-refractivity contribution in [1.29, 1.82) is 0 Å². The van der Waals surface area contributed by atoms with Gasteiger partial charge in [-0.05, 0) is 36.8 Å². The van der Waals surface area contributed by atoms with Gasteiger partial charge < -0.3 is 5.32 Å². The molecule has 0 spiro atoms. The van der Waals surface area contributed by atoms with Gasteiger partial charge in [0.2, 0.25) is 0 Å². The summed E-state index contributed by atoms with van der Waals surface area (Å²) in [5, 5.41) is 5.99. The van der Waals surface area contributed by atoms with Crippen LogP contribution in [0.1, 0.15) is 5.56 Å². The molecule has 0 amide bonds. The van der Waals surface area contributed by atoms with E-state index < -0.39 is 0 Å². The summed E-state index contributed by atoms with van der Waals surface area (Å²) in [6.07, 6.45) is 0. The zero-order chi connectivity index (χ0) is 11.4. The Kier molecular flexibility index (Phi) is 4.32. The molecule has 0 fully saturated rings. The average molecular weight is 244 g/mol. The lowest BCUT2D eigenvalue weighted by Gasteiger charge is -2.19. The van der Waals surface area contributed by atoms with E-state index >= 15 is 0 Å². The third-order valence-electron chi connectivity index (χ3n) is 2.01. The summed E-state index contributed by atoms with van der Waals surface area (Å²) in [5.74, 6) is 0. The number of hydrogen-bond acceptors (Lipinski definition) is 2. The second-order valence-electron chi connectivity index (χ2n) is 3.20. The van der Waals surface area contributed by atoms with Crippen LogP contribution in [0.5, 0.6) is 0 Å². The fraction of sp³-hybridized carbons (Fsp3) is 0.300. The maximum atomic E-state index is 6.06. The number of anilines is 1. The Hall–Kier alpha value is -0.840. The molecule has 1 aromatic rings. The van der Waals surface area contributed by atoms with Gasteiger partial charge in [0.05, 0.1) is 10.7 Å². The molecular formula is C10H14ClN3S. The van der Waals surface area contributed by atoms with Gasteiger partial charge in [-0.25, -0.2) is 5.43 Å². The van der Waals surface area contributed by atoms with E-state index in [0.717, 1.165) is 11.3 Å². The van der Waals surface area contributed by atoms with Gasteiger partial charge in [0.15, 0.2) is 5.11 Å². The molecule has 15 heavy (non-hydrogen) atoms. The Labute approximate surface area is 100 Å². The lowest BCUT2D eigenvalue weighted by Crippen LogP contribution is -2.39. The van der Waals surface area contributed by atoms with Crippen molar-refractivity contribution in [2.45, 2.75) is 6.92 Å². The van der Waals surface area contributed by atoms with Crippen molar-refractivity contribution in [3.63, 3.8) is 0 Å². The highest BCUT2D eigenvalue weighted by atomic mass is 35.5. The van der Waals surface area contributed by atoms with Gasteiger partial charge in [0, 0.05) is 14.1 Å². The molecule has 0 bridgehead atoms. The average Bonchev–Trinajstić information content (AvgIpc) is 2.20. The van der Waals surface area contributed by atoms with Crippen molar-refractivity contribution in [3.8, 4) is 0 Å². The Morgan fingerprint density at radius 1 is 1.47 bits per heavy atom. The van der Waals surface area contributed by atoms with E-state index in [4.69, 9.17) is 23.8 Å². The minimum atomic E-state index is 0.572. The van der Waals surface area contributed by atoms with Crippen LogP contribution < -0.4 is 10.7 Å². The van der Waals surface area contributed by atoms with E-state index in [9.17, 15) is 0 Å². The Balaban J connectivity index is 2.77. The first-order chi connectivity index (χ1) is 7.04. The number of hydrazine groups is 1. The molecule has 1 rings (SSSR count). The van der Waals surface area contributed by atoms with Crippen LogP contribution in [0.2, 0.25) is 5.02 Å². The fourth-order valence-corrected chi connectivity index (χ4v) is 1.51. The van der Waals surface area contributed by atoms with Crippen molar-refractivity contribution in [2.75, 3.05) is 19.4 Å². The molecule has 1 aromatic carbocycles. The highest BCUT2D eigenvalue weighted by Gasteiger charge is 2.05. The van der Waals surface area contributed by atoms with Crippen molar-refractivity contribution in [3.05, 3.63) is 28.8 Å². The number of nitrogens with one attached hydrogen (secondary N) is 2. The summed E-state index contributed by atoms with van der Waals surface area (Å²) >= 11 is 11.2. The van der Waals surface area contributed by atoms with E-state index in [0.29, 0.717) is 10.1 Å². The molecule has 0 atom stereocenters. The van der Waals surface area contributed by atoms with Crippen LogP contribution >= 0.6 is 23.8 Å². The van der Waals surface area contributed by atoms with E-state index in [1.54, 1.807) is 12.1 Å². The largest absolute Gasteiger partial charge is 0.330 e. The van der Waals surface area contributed by atoms with Gasteiger partial charge in [0.25, 0.3) is 0 Å². The summed E-state index contributed by atoms with van der Waals surface area (Å²) in [6, 6.07) is 5.79. The Morgan fingerprint density at radius 2 is 2.13 bits per heavy atom. The lowest BCUT2D eigenvalue weighted by molar-refractivity contribution is 0.416. The first-order valence-electron chi connectivity index (χ1n) is 4.53. The molecule has 3 nitrogen and oxygen atoms in total. The molecule has 82 valence electrons. The van der Waals surface area contributed by atoms with Crippen molar-refractivity contribution in [2.24, 2.45) is 0 Å². The predicted octanol–water partition coefficient (Wildman–Crippen LogP) is 2.41. The van der Waals surface area contributed by atoms with E-state index in [-0.39, 0.29) is 0 Å². The Morgan fingerprint density at radius 3 is 2.67 bits per heavy atom. The minimum absolute atomic E-state index is 0.572. The third-order valence-corrected chi connectivity index (χ3v) is 2.69. The van der Waals surface area contributed by atoms with Crippen LogP contribution in [-0.4, -0.2) is 24.2 Å². The number of aryl methyl sites for hydroxylation is 1. The fourth-order valence-electron chi connectivity index (χ4n) is 1.02. The summed E-state index contributed by atoms with van der Waals surface area (Å²) in [6.45, 7) is 1.99. The summed E-state index contributed by atoms with van der Waals surface area (Å²) in [4.78, 5) is 0. The molecule has 2 N–H and O–H groups in total. The van der Waals surface area contributed by atoms with Gasteiger partial charge >= 0.3 is 0 Å². The molecule has 0 aliphatic heterocycles. The molecule has 0 aromatic heterocycles. The lowest BCUT2D eigenvalue weighted by atomic mass is 10.2. The molecule has 0 aliphatic carbocycles. The monoisotopic (exact) mass is 243 g/mol. The second-order valence-corrected chi connectivity index (χ2v) is 3.99. The second kappa shape index (κ2) is 5.30. The summed E-state index contributed by atoms with van der Waals surface area (Å²) in [7, 11) is 3.63. The third kappa shape index (κ3) is 3.34. The van der Waals surface area contributed by atoms with Gasteiger partial charge in [-0.15, -0.1) is 0 Å². The molecule has 0 unspecified atom stereocenters. The molecule has 0 heterocycles. The number of hydrogen-bond donors (Lipinski definition) is 2. The number of rotatable bonds is 2. The van der Waals surface area contributed by atoms with E-state index in [2.05, 4.69) is 10.7 Å². The maximum absolute atomic E-state index is 6.06. The van der Waals surface area contributed by atoms with E-state index in [1.807, 2.05) is 32.2 Å². The highest BCUT2D eigenvalue weighted by Crippen LogP contribution is 2.22. The topological polar surface area (TPSA) is 27.3 Å². The van der Waals surface area contributed by atoms with Gasteiger partial charge in [0.1, 0.15) is 0 Å². The normalized spacial score (nSPS) is 9.87. The van der Waals surface area contributed by atoms with Gasteiger partial charge in [-0.1, -0.05) is 17.7 Å². The zero-order valence-corrected chi connectivity index (χ0v) is 10.5. The molecule has 0 radical (unpaired) electrons. The number of nitrogens with zero attached hydrogens (tertiary/aromatic N) is 1. The first-order valence-corrected chi connectivity index (χ1v) is 5.31. The molecule has 0 saturated heterocycles. The summed E-state index contributed by atoms with van der Waals surface area (Å²) < 4.78 is 0. The van der Waals surface area contributed by atoms with Crippen LogP contribution in [0.15, 0.2) is 18.2 Å². The molecular weight excluding hydrogens is 230 g/mol. The smallest absolute Gasteiger partial charge is 0.187 e. The SMILES string of the molecule is CNN(C)C(=S)Nc1ccc(C)cc1Cl. The van der Waals surface area contributed by atoms with Crippen LogP contribution in [-0.2, 0) is 0 Å². The maximum Gasteiger partial charge on any atom is 0.187 e. The van der Waals surface area contributed by atoms with Crippen molar-refractivity contribution >= 4 is 34.6 Å². The van der Waals surface area contributed by atoms with Crippen LogP contribution in [0.4, 0.5) is 5.69 Å². The van der Waals surface area contributed by atoms with Crippen molar-refractivity contribution in [1.82, 2.24) is 10.4 Å². The van der Waals surface area contributed by atoms with Crippen LogP contribution in [0, 0.1) is 6.92 Å². The van der Waals surface area contributed by atoms with Crippen molar-refractivity contribution < 1.29 is 0 Å². The molecule has 5 heteroatoms. The summed E-state index contributed by atoms with van der Waals surface area (Å²) in [5.41, 5.74) is 4.84. The first kappa shape index (κ1) is 12.2. The Bertz CT molecular complexity index is 368. The number of benzene rings is 1. The van der Waals surface area contributed by atoms with E-state index in [1.165, 1.54) is 0 Å². The molecule has 0 saturated carbocycles.